The number of hydrogen-bond donors (Lipinski definition) is 1. The zero-order chi connectivity index (χ0) is 14.0. The van der Waals surface area contributed by atoms with Crippen molar-refractivity contribution >= 4 is 0 Å². The summed E-state index contributed by atoms with van der Waals surface area (Å²) < 4.78 is 53.7. The van der Waals surface area contributed by atoms with Crippen molar-refractivity contribution in [3.05, 3.63) is 0 Å². The average Bonchev–Trinajstić information content (AvgIpc) is 2.90. The van der Waals surface area contributed by atoms with Gasteiger partial charge in [0.2, 0.25) is 0 Å². The van der Waals surface area contributed by atoms with Crippen molar-refractivity contribution in [3.63, 3.8) is 0 Å². The molecule has 2 rings (SSSR count). The second-order valence-electron chi connectivity index (χ2n) is 6.01. The smallest absolute Gasteiger partial charge is 0.330 e. The number of hydrogen-bond acceptors (Lipinski definition) is 2. The van der Waals surface area contributed by atoms with Gasteiger partial charge in [0.15, 0.2) is 0 Å². The molecule has 0 saturated heterocycles. The number of alkyl halides is 4. The molecule has 0 aromatic heterocycles. The Balaban J connectivity index is 1.64. The van der Waals surface area contributed by atoms with E-state index < -0.39 is 19.0 Å². The van der Waals surface area contributed by atoms with Crippen LogP contribution in [0.25, 0.3) is 0 Å². The van der Waals surface area contributed by atoms with Gasteiger partial charge < -0.3 is 10.5 Å². The molecule has 0 amide bonds. The summed E-state index contributed by atoms with van der Waals surface area (Å²) in [5, 5.41) is 0. The van der Waals surface area contributed by atoms with Crippen LogP contribution in [0.4, 0.5) is 17.6 Å². The highest BCUT2D eigenvalue weighted by atomic mass is 19.3. The van der Waals surface area contributed by atoms with Crippen molar-refractivity contribution in [1.29, 1.82) is 0 Å². The molecule has 2 nitrogen and oxygen atoms in total. The molecule has 0 aliphatic heterocycles. The van der Waals surface area contributed by atoms with E-state index in [0.717, 1.165) is 18.3 Å². The molecule has 4 unspecified atom stereocenters. The summed E-state index contributed by atoms with van der Waals surface area (Å²) in [4.78, 5) is 0. The monoisotopic (exact) mass is 283 g/mol. The first-order valence-electron chi connectivity index (χ1n) is 6.87. The van der Waals surface area contributed by atoms with Gasteiger partial charge in [-0.3, -0.25) is 0 Å². The van der Waals surface area contributed by atoms with Gasteiger partial charge in [0.1, 0.15) is 6.61 Å². The number of ether oxygens (including phenoxy) is 1. The Hall–Kier alpha value is -0.360. The minimum Gasteiger partial charge on any atom is -0.373 e. The fourth-order valence-electron chi connectivity index (χ4n) is 3.53. The molecule has 2 saturated carbocycles. The summed E-state index contributed by atoms with van der Waals surface area (Å²) in [5.41, 5.74) is 5.83. The minimum absolute atomic E-state index is 0.0732. The van der Waals surface area contributed by atoms with Crippen LogP contribution in [0, 0.1) is 17.8 Å². The third kappa shape index (κ3) is 3.81. The van der Waals surface area contributed by atoms with Crippen molar-refractivity contribution in [3.8, 4) is 0 Å². The summed E-state index contributed by atoms with van der Waals surface area (Å²) >= 11 is 0. The van der Waals surface area contributed by atoms with Crippen LogP contribution in [0.15, 0.2) is 0 Å². The van der Waals surface area contributed by atoms with Gasteiger partial charge in [-0.15, -0.1) is 0 Å². The van der Waals surface area contributed by atoms with Gasteiger partial charge in [-0.1, -0.05) is 6.42 Å². The van der Waals surface area contributed by atoms with E-state index >= 15 is 0 Å². The van der Waals surface area contributed by atoms with Crippen LogP contribution >= 0.6 is 0 Å². The lowest BCUT2D eigenvalue weighted by Gasteiger charge is -2.25. The molecule has 0 heterocycles. The molecule has 0 spiro atoms. The Morgan fingerprint density at radius 3 is 2.47 bits per heavy atom. The predicted molar refractivity (Wildman–Crippen MR) is 63.3 cm³/mol. The van der Waals surface area contributed by atoms with Crippen molar-refractivity contribution < 1.29 is 22.3 Å². The Labute approximate surface area is 110 Å². The molecule has 2 bridgehead atoms. The maximum Gasteiger partial charge on any atom is 0.330 e. The lowest BCUT2D eigenvalue weighted by Crippen LogP contribution is -2.36. The van der Waals surface area contributed by atoms with E-state index in [4.69, 9.17) is 5.73 Å². The number of rotatable bonds is 7. The standard InChI is InChI=1S/C13H21F4NO/c14-12(15)13(16,17)7-19-6-11(18)5-10-4-8-1-2-9(10)3-8/h8-12H,1-7,18H2. The zero-order valence-corrected chi connectivity index (χ0v) is 10.8. The fraction of sp³-hybridized carbons (Fsp3) is 1.00. The third-order valence-electron chi connectivity index (χ3n) is 4.44. The van der Waals surface area contributed by atoms with Gasteiger partial charge in [-0.05, 0) is 43.4 Å². The van der Waals surface area contributed by atoms with Crippen molar-refractivity contribution in [2.45, 2.75) is 50.5 Å². The van der Waals surface area contributed by atoms with E-state index in [1.807, 2.05) is 0 Å². The average molecular weight is 283 g/mol. The molecule has 2 fully saturated rings. The predicted octanol–water partition coefficient (Wildman–Crippen LogP) is 3.06. The Kier molecular flexibility index (Phi) is 4.71. The van der Waals surface area contributed by atoms with Crippen molar-refractivity contribution in [1.82, 2.24) is 0 Å². The van der Waals surface area contributed by atoms with Crippen LogP contribution in [0.5, 0.6) is 0 Å². The molecule has 2 N–H and O–H groups in total. The molecular formula is C13H21F4NO. The number of nitrogens with two attached hydrogens (primary N) is 1. The second-order valence-corrected chi connectivity index (χ2v) is 6.01. The largest absolute Gasteiger partial charge is 0.373 e. The summed E-state index contributed by atoms with van der Waals surface area (Å²) in [5.74, 6) is -1.98. The van der Waals surface area contributed by atoms with Gasteiger partial charge in [0.25, 0.3) is 0 Å². The van der Waals surface area contributed by atoms with Crippen molar-refractivity contribution in [2.24, 2.45) is 23.5 Å². The fourth-order valence-corrected chi connectivity index (χ4v) is 3.53. The van der Waals surface area contributed by atoms with Crippen LogP contribution in [0.1, 0.15) is 32.1 Å². The van der Waals surface area contributed by atoms with Crippen LogP contribution < -0.4 is 5.73 Å². The number of halogens is 4. The van der Waals surface area contributed by atoms with Crippen LogP contribution in [-0.2, 0) is 4.74 Å². The molecule has 6 heteroatoms. The third-order valence-corrected chi connectivity index (χ3v) is 4.44. The molecule has 2 aliphatic rings. The lowest BCUT2D eigenvalue weighted by molar-refractivity contribution is -0.166. The summed E-state index contributed by atoms with van der Waals surface area (Å²) in [6.45, 7) is -1.33. The van der Waals surface area contributed by atoms with Gasteiger partial charge in [0.05, 0.1) is 6.61 Å². The molecule has 4 atom stereocenters. The maximum absolute atomic E-state index is 12.6. The molecule has 0 radical (unpaired) electrons. The van der Waals surface area contributed by atoms with E-state index in [1.165, 1.54) is 25.7 Å². The molecule has 0 aromatic carbocycles. The molecule has 2 aliphatic carbocycles. The maximum atomic E-state index is 12.6. The van der Waals surface area contributed by atoms with E-state index in [9.17, 15) is 17.6 Å². The molecule has 19 heavy (non-hydrogen) atoms. The van der Waals surface area contributed by atoms with Crippen LogP contribution in [-0.4, -0.2) is 31.6 Å². The van der Waals surface area contributed by atoms with Gasteiger partial charge in [-0.2, -0.15) is 8.78 Å². The van der Waals surface area contributed by atoms with E-state index in [2.05, 4.69) is 4.74 Å². The SMILES string of the molecule is NC(COCC(F)(F)C(F)F)CC1CC2CCC1C2. The molecule has 0 aromatic rings. The highest BCUT2D eigenvalue weighted by Crippen LogP contribution is 2.49. The lowest BCUT2D eigenvalue weighted by atomic mass is 9.84. The Bertz CT molecular complexity index is 300. The Morgan fingerprint density at radius 1 is 1.21 bits per heavy atom. The number of fused-ring (bicyclic) bond motifs is 2. The minimum atomic E-state index is -4.08. The first-order valence-corrected chi connectivity index (χ1v) is 6.87. The summed E-state index contributed by atoms with van der Waals surface area (Å²) in [7, 11) is 0. The quantitative estimate of drug-likeness (QED) is 0.729. The zero-order valence-electron chi connectivity index (χ0n) is 10.8. The second kappa shape index (κ2) is 5.95. The molecular weight excluding hydrogens is 262 g/mol. The van der Waals surface area contributed by atoms with Gasteiger partial charge >= 0.3 is 12.3 Å². The Morgan fingerprint density at radius 2 is 1.95 bits per heavy atom. The first kappa shape index (κ1) is 15.0. The normalized spacial score (nSPS) is 32.2. The van der Waals surface area contributed by atoms with Crippen LogP contribution in [0.3, 0.4) is 0 Å². The van der Waals surface area contributed by atoms with Gasteiger partial charge in [0, 0.05) is 6.04 Å². The van der Waals surface area contributed by atoms with Crippen LogP contribution in [0.2, 0.25) is 0 Å². The highest BCUT2D eigenvalue weighted by Gasteiger charge is 2.42. The van der Waals surface area contributed by atoms with E-state index in [0.29, 0.717) is 5.92 Å². The molecule has 112 valence electrons. The van der Waals surface area contributed by atoms with E-state index in [1.54, 1.807) is 0 Å². The van der Waals surface area contributed by atoms with Gasteiger partial charge in [-0.25, -0.2) is 8.78 Å². The first-order chi connectivity index (χ1) is 8.88. The topological polar surface area (TPSA) is 35.2 Å². The van der Waals surface area contributed by atoms with E-state index in [-0.39, 0.29) is 12.6 Å². The summed E-state index contributed by atoms with van der Waals surface area (Å²) in [6.07, 6.45) is 2.04. The van der Waals surface area contributed by atoms with Crippen molar-refractivity contribution in [2.75, 3.05) is 13.2 Å². The highest BCUT2D eigenvalue weighted by molar-refractivity contribution is 4.91. The summed E-state index contributed by atoms with van der Waals surface area (Å²) in [6, 6.07) is -0.335.